The summed E-state index contributed by atoms with van der Waals surface area (Å²) >= 11 is 7.99. The third-order valence-corrected chi connectivity index (χ3v) is 5.04. The van der Waals surface area contributed by atoms with E-state index in [1.165, 1.54) is 10.5 Å². The summed E-state index contributed by atoms with van der Waals surface area (Å²) in [5, 5.41) is 7.05. The second-order valence-corrected chi connectivity index (χ2v) is 7.41. The molecule has 3 nitrogen and oxygen atoms in total. The first kappa shape index (κ1) is 16.7. The highest BCUT2D eigenvalue weighted by molar-refractivity contribution is 7.99. The molecule has 5 heteroatoms. The van der Waals surface area contributed by atoms with Gasteiger partial charge in [-0.3, -0.25) is 10.1 Å². The summed E-state index contributed by atoms with van der Waals surface area (Å²) in [6, 6.07) is 6.07. The Morgan fingerprint density at radius 3 is 2.90 bits per heavy atom. The van der Waals surface area contributed by atoms with Gasteiger partial charge in [0.25, 0.3) is 0 Å². The molecule has 1 heterocycles. The van der Waals surface area contributed by atoms with Crippen LogP contribution in [0.25, 0.3) is 0 Å². The predicted molar refractivity (Wildman–Crippen MR) is 90.0 cm³/mol. The molecule has 1 amide bonds. The van der Waals surface area contributed by atoms with Crippen molar-refractivity contribution in [2.75, 3.05) is 12.8 Å². The Hall–Kier alpha value is -0.710. The van der Waals surface area contributed by atoms with Crippen LogP contribution in [0.5, 0.6) is 0 Å². The highest BCUT2D eigenvalue weighted by Crippen LogP contribution is 2.37. The largest absolute Gasteiger partial charge is 0.358 e. The van der Waals surface area contributed by atoms with Crippen LogP contribution in [0, 0.1) is 5.92 Å². The minimum atomic E-state index is -0.157. The van der Waals surface area contributed by atoms with Gasteiger partial charge in [0.05, 0.1) is 6.04 Å². The number of carbonyl (C=O) groups excluding carboxylic acids is 1. The number of fused-ring (bicyclic) bond motifs is 1. The minimum Gasteiger partial charge on any atom is -0.358 e. The van der Waals surface area contributed by atoms with Gasteiger partial charge in [-0.2, -0.15) is 0 Å². The molecule has 0 saturated heterocycles. The van der Waals surface area contributed by atoms with E-state index in [9.17, 15) is 4.79 Å². The minimum absolute atomic E-state index is 0.0607. The van der Waals surface area contributed by atoms with Crippen LogP contribution >= 0.6 is 23.4 Å². The number of rotatable bonds is 5. The SMILES string of the molecule is CNC(=O)C(CC(C)C)NC1CCSc2ccc(Cl)cc21. The molecule has 2 unspecified atom stereocenters. The van der Waals surface area contributed by atoms with Crippen molar-refractivity contribution < 1.29 is 4.79 Å². The van der Waals surface area contributed by atoms with Gasteiger partial charge in [0.15, 0.2) is 0 Å². The van der Waals surface area contributed by atoms with Gasteiger partial charge in [0, 0.05) is 23.0 Å². The highest BCUT2D eigenvalue weighted by atomic mass is 35.5. The van der Waals surface area contributed by atoms with Crippen LogP contribution in [0.1, 0.15) is 38.3 Å². The van der Waals surface area contributed by atoms with Crippen LogP contribution in [0.15, 0.2) is 23.1 Å². The van der Waals surface area contributed by atoms with Gasteiger partial charge >= 0.3 is 0 Å². The summed E-state index contributed by atoms with van der Waals surface area (Å²) in [5.74, 6) is 1.59. The Morgan fingerprint density at radius 1 is 1.48 bits per heavy atom. The smallest absolute Gasteiger partial charge is 0.236 e. The fourth-order valence-corrected chi connectivity index (χ4v) is 3.96. The maximum Gasteiger partial charge on any atom is 0.236 e. The van der Waals surface area contributed by atoms with Gasteiger partial charge in [0.1, 0.15) is 0 Å². The van der Waals surface area contributed by atoms with E-state index in [1.807, 2.05) is 23.9 Å². The first-order chi connectivity index (χ1) is 10.0. The molecule has 1 aliphatic heterocycles. The molecule has 0 fully saturated rings. The zero-order valence-electron chi connectivity index (χ0n) is 12.8. The van der Waals surface area contributed by atoms with Crippen molar-refractivity contribution in [3.8, 4) is 0 Å². The van der Waals surface area contributed by atoms with Crippen LogP contribution in [-0.4, -0.2) is 24.7 Å². The lowest BCUT2D eigenvalue weighted by Gasteiger charge is -2.30. The second-order valence-electron chi connectivity index (χ2n) is 5.83. The van der Waals surface area contributed by atoms with E-state index in [-0.39, 0.29) is 18.0 Å². The van der Waals surface area contributed by atoms with Crippen molar-refractivity contribution >= 4 is 29.3 Å². The molecule has 0 aromatic heterocycles. The molecule has 0 spiro atoms. The molecule has 2 N–H and O–H groups in total. The zero-order chi connectivity index (χ0) is 15.4. The molecule has 21 heavy (non-hydrogen) atoms. The van der Waals surface area contributed by atoms with Crippen LogP contribution < -0.4 is 10.6 Å². The van der Waals surface area contributed by atoms with Gasteiger partial charge in [-0.1, -0.05) is 25.4 Å². The summed E-state index contributed by atoms with van der Waals surface area (Å²) < 4.78 is 0. The molecule has 0 radical (unpaired) electrons. The number of hydrogen-bond donors (Lipinski definition) is 2. The summed E-state index contributed by atoms with van der Waals surface area (Å²) in [7, 11) is 1.69. The van der Waals surface area contributed by atoms with Crippen molar-refractivity contribution in [1.29, 1.82) is 0 Å². The summed E-state index contributed by atoms with van der Waals surface area (Å²) in [6.07, 6.45) is 1.85. The van der Waals surface area contributed by atoms with Crippen LogP contribution in [0.4, 0.5) is 0 Å². The van der Waals surface area contributed by atoms with Crippen LogP contribution in [0.2, 0.25) is 5.02 Å². The monoisotopic (exact) mass is 326 g/mol. The lowest BCUT2D eigenvalue weighted by Crippen LogP contribution is -2.45. The Labute approximate surface area is 136 Å². The molecular weight excluding hydrogens is 304 g/mol. The highest BCUT2D eigenvalue weighted by Gasteiger charge is 2.26. The molecule has 1 aromatic rings. The van der Waals surface area contributed by atoms with E-state index < -0.39 is 0 Å². The molecule has 2 atom stereocenters. The molecule has 1 aromatic carbocycles. The van der Waals surface area contributed by atoms with Gasteiger partial charge in [-0.05, 0) is 48.3 Å². The summed E-state index contributed by atoms with van der Waals surface area (Å²) in [6.45, 7) is 4.28. The van der Waals surface area contributed by atoms with E-state index in [0.29, 0.717) is 5.92 Å². The fraction of sp³-hybridized carbons (Fsp3) is 0.562. The van der Waals surface area contributed by atoms with E-state index in [4.69, 9.17) is 11.6 Å². The zero-order valence-corrected chi connectivity index (χ0v) is 14.4. The number of likely N-dealkylation sites (N-methyl/N-ethyl adjacent to an activating group) is 1. The van der Waals surface area contributed by atoms with Crippen molar-refractivity contribution in [3.05, 3.63) is 28.8 Å². The van der Waals surface area contributed by atoms with Gasteiger partial charge in [-0.15, -0.1) is 11.8 Å². The molecule has 1 aliphatic rings. The standard InChI is InChI=1S/C16H23ClN2OS/c1-10(2)8-14(16(20)18-3)19-13-6-7-21-15-5-4-11(17)9-12(13)15/h4-5,9-10,13-14,19H,6-8H2,1-3H3,(H,18,20). The Bertz CT molecular complexity index is 507. The average molecular weight is 327 g/mol. The van der Waals surface area contributed by atoms with Crippen molar-refractivity contribution in [2.24, 2.45) is 5.92 Å². The summed E-state index contributed by atoms with van der Waals surface area (Å²) in [4.78, 5) is 13.4. The quantitative estimate of drug-likeness (QED) is 0.868. The average Bonchev–Trinajstić information content (AvgIpc) is 2.45. The van der Waals surface area contributed by atoms with Crippen LogP contribution in [-0.2, 0) is 4.79 Å². The maximum atomic E-state index is 12.1. The van der Waals surface area contributed by atoms with Crippen molar-refractivity contribution in [2.45, 2.75) is 43.7 Å². The first-order valence-corrected chi connectivity index (χ1v) is 8.77. The molecule has 0 saturated carbocycles. The van der Waals surface area contributed by atoms with E-state index in [2.05, 4.69) is 30.5 Å². The topological polar surface area (TPSA) is 41.1 Å². The van der Waals surface area contributed by atoms with Crippen molar-refractivity contribution in [3.63, 3.8) is 0 Å². The maximum absolute atomic E-state index is 12.1. The number of halogens is 1. The Morgan fingerprint density at radius 2 is 2.24 bits per heavy atom. The van der Waals surface area contributed by atoms with Gasteiger partial charge < -0.3 is 5.32 Å². The molecule has 2 rings (SSSR count). The number of nitrogens with one attached hydrogen (secondary N) is 2. The Balaban J connectivity index is 2.18. The van der Waals surface area contributed by atoms with Gasteiger partial charge in [0.2, 0.25) is 5.91 Å². The third-order valence-electron chi connectivity index (χ3n) is 3.68. The molecule has 0 bridgehead atoms. The number of thioether (sulfide) groups is 1. The molecule has 0 aliphatic carbocycles. The fourth-order valence-electron chi connectivity index (χ4n) is 2.68. The molecular formula is C16H23ClN2OS. The van der Waals surface area contributed by atoms with E-state index in [0.717, 1.165) is 23.6 Å². The number of hydrogen-bond acceptors (Lipinski definition) is 3. The lowest BCUT2D eigenvalue weighted by atomic mass is 9.98. The number of amides is 1. The van der Waals surface area contributed by atoms with Gasteiger partial charge in [-0.25, -0.2) is 0 Å². The summed E-state index contributed by atoms with van der Waals surface area (Å²) in [5.41, 5.74) is 1.22. The van der Waals surface area contributed by atoms with Crippen LogP contribution in [0.3, 0.4) is 0 Å². The molecule has 116 valence electrons. The lowest BCUT2D eigenvalue weighted by molar-refractivity contribution is -0.123. The third kappa shape index (κ3) is 4.38. The normalized spacial score (nSPS) is 19.2. The number of benzene rings is 1. The van der Waals surface area contributed by atoms with E-state index in [1.54, 1.807) is 7.05 Å². The first-order valence-electron chi connectivity index (χ1n) is 7.41. The Kier molecular flexibility index (Phi) is 5.97. The van der Waals surface area contributed by atoms with Crippen molar-refractivity contribution in [1.82, 2.24) is 10.6 Å². The number of carbonyl (C=O) groups is 1. The predicted octanol–water partition coefficient (Wildman–Crippen LogP) is 3.63. The van der Waals surface area contributed by atoms with E-state index >= 15 is 0 Å². The second kappa shape index (κ2) is 7.52.